The van der Waals surface area contributed by atoms with Crippen LogP contribution in [0.15, 0.2) is 15.8 Å². The number of thioether (sulfide) groups is 1. The van der Waals surface area contributed by atoms with Gasteiger partial charge in [0.2, 0.25) is 11.8 Å². The number of aromatic nitrogens is 2. The van der Waals surface area contributed by atoms with Gasteiger partial charge >= 0.3 is 35.2 Å². The van der Waals surface area contributed by atoms with E-state index < -0.39 is 53.7 Å². The Bertz CT molecular complexity index is 1850. The van der Waals surface area contributed by atoms with Crippen LogP contribution in [-0.2, 0) is 41.2 Å². The van der Waals surface area contributed by atoms with Crippen molar-refractivity contribution in [1.29, 1.82) is 0 Å². The molecule has 0 saturated carbocycles. The number of unbranched alkanes of at least 4 members (excludes halogenated alkanes) is 3. The number of urea groups is 1. The Balaban J connectivity index is 1.08. The number of nitrogens with zero attached hydrogens (tertiary/aromatic N) is 1. The first-order chi connectivity index (χ1) is 25.4. The van der Waals surface area contributed by atoms with Crippen molar-refractivity contribution >= 4 is 53.1 Å². The van der Waals surface area contributed by atoms with Crippen LogP contribution in [-0.4, -0.2) is 95.9 Å². The zero-order valence-electron chi connectivity index (χ0n) is 28.7. The largest absolute Gasteiger partial charge is 0.490 e. The molecule has 26 heteroatoms. The van der Waals surface area contributed by atoms with E-state index in [2.05, 4.69) is 51.2 Å². The van der Waals surface area contributed by atoms with E-state index in [0.29, 0.717) is 31.1 Å². The van der Waals surface area contributed by atoms with Gasteiger partial charge in [-0.25, -0.2) is 23.3 Å². The number of phosphoric ester groups is 1. The van der Waals surface area contributed by atoms with Crippen LogP contribution in [0.25, 0.3) is 0 Å². The molecule has 3 aliphatic heterocycles. The zero-order valence-corrected chi connectivity index (χ0v) is 32.2. The van der Waals surface area contributed by atoms with Crippen LogP contribution in [0.4, 0.5) is 4.79 Å². The molecule has 3 fully saturated rings. The van der Waals surface area contributed by atoms with Gasteiger partial charge in [0.25, 0.3) is 5.56 Å². The highest BCUT2D eigenvalue weighted by atomic mass is 32.2. The van der Waals surface area contributed by atoms with Crippen molar-refractivity contribution in [3.05, 3.63) is 32.6 Å². The lowest BCUT2D eigenvalue weighted by Gasteiger charge is -2.19. The van der Waals surface area contributed by atoms with Crippen LogP contribution in [0, 0.1) is 11.8 Å². The minimum atomic E-state index is -5.69. The Morgan fingerprint density at radius 3 is 2.41 bits per heavy atom. The fraction of sp³-hybridized carbons (Fsp3) is 0.679. The molecule has 3 saturated heterocycles. The SMILES string of the molecule is O=C(CCCCCNC(=O)CCCC[C@@H]1SC[C@@H]2NC(=O)N[C@@H]21)NCC#Cc1cn([C@H]2CC[C@@H](COP(=O)(O)OP(=O)(O)OP(=O)(O)O)O2)c(=O)[nH]c1=O. The maximum Gasteiger partial charge on any atom is 0.490 e. The average molecular weight is 845 g/mol. The van der Waals surface area contributed by atoms with E-state index in [4.69, 9.17) is 14.5 Å². The number of rotatable bonds is 20. The summed E-state index contributed by atoms with van der Waals surface area (Å²) in [5, 5.41) is 11.8. The first kappa shape index (κ1) is 43.9. The predicted octanol–water partition coefficient (Wildman–Crippen LogP) is 0.428. The summed E-state index contributed by atoms with van der Waals surface area (Å²) in [7, 11) is -16.6. The Hall–Kier alpha value is -2.83. The Labute approximate surface area is 312 Å². The molecule has 0 aliphatic carbocycles. The van der Waals surface area contributed by atoms with Gasteiger partial charge in [0.05, 0.1) is 31.3 Å². The van der Waals surface area contributed by atoms with Crippen molar-refractivity contribution in [2.24, 2.45) is 0 Å². The third kappa shape index (κ3) is 14.7. The van der Waals surface area contributed by atoms with Gasteiger partial charge in [-0.15, -0.1) is 0 Å². The second-order valence-corrected chi connectivity index (χ2v) is 18.2. The van der Waals surface area contributed by atoms with E-state index in [1.807, 2.05) is 11.8 Å². The summed E-state index contributed by atoms with van der Waals surface area (Å²) in [6.07, 6.45) is 4.86. The lowest BCUT2D eigenvalue weighted by molar-refractivity contribution is -0.122. The van der Waals surface area contributed by atoms with Crippen molar-refractivity contribution in [1.82, 2.24) is 30.8 Å². The van der Waals surface area contributed by atoms with E-state index in [0.717, 1.165) is 42.2 Å². The standard InChI is InChI=1S/C28H43N6O16P3S/c35-22(9-2-1-5-13-29-23(36)10-4-3-8-21-25-20(17-54-21)31-27(38)32-25)30-14-6-7-18-15-34(28(39)33-26(18)37)24-12-11-19(48-24)16-47-52(43,44)50-53(45,46)49-51(40,41)42/h15,19-21,24-25H,1-5,8-14,16-17H2,(H,29,36)(H,30,35)(H,43,44)(H,45,46)(H2,31,32,38)(H,33,37,39)(H2,40,41,42)/t19-,20-,21-,24+,25-/m0/s1. The first-order valence-corrected chi connectivity index (χ1v) is 22.5. The summed E-state index contributed by atoms with van der Waals surface area (Å²) in [5.74, 6) is 5.86. The Morgan fingerprint density at radius 1 is 0.944 bits per heavy atom. The highest BCUT2D eigenvalue weighted by molar-refractivity contribution is 8.00. The molecule has 7 atom stereocenters. The van der Waals surface area contributed by atoms with Crippen LogP contribution in [0.2, 0.25) is 0 Å². The maximum absolute atomic E-state index is 12.4. The molecule has 4 heterocycles. The number of hydrogen-bond donors (Lipinski definition) is 9. The number of nitrogens with one attached hydrogen (secondary N) is 5. The van der Waals surface area contributed by atoms with Gasteiger partial charge < -0.3 is 45.6 Å². The summed E-state index contributed by atoms with van der Waals surface area (Å²) in [6.45, 7) is -0.273. The van der Waals surface area contributed by atoms with E-state index in [1.54, 1.807) is 0 Å². The minimum absolute atomic E-state index is 0.0130. The number of phosphoric acid groups is 3. The van der Waals surface area contributed by atoms with Crippen LogP contribution in [0.5, 0.6) is 0 Å². The van der Waals surface area contributed by atoms with Gasteiger partial charge in [-0.05, 0) is 38.5 Å². The number of carbonyl (C=O) groups excluding carboxylic acids is 3. The van der Waals surface area contributed by atoms with E-state index in [9.17, 15) is 47.5 Å². The number of aromatic amines is 1. The van der Waals surface area contributed by atoms with E-state index >= 15 is 0 Å². The molecule has 2 unspecified atom stereocenters. The van der Waals surface area contributed by atoms with E-state index in [1.165, 1.54) is 0 Å². The maximum atomic E-state index is 12.4. The molecule has 1 aromatic heterocycles. The van der Waals surface area contributed by atoms with Crippen LogP contribution in [0.3, 0.4) is 0 Å². The summed E-state index contributed by atoms with van der Waals surface area (Å²) < 4.78 is 52.7. The average Bonchev–Trinajstić information content (AvgIpc) is 3.78. The fourth-order valence-electron chi connectivity index (χ4n) is 5.83. The molecule has 3 aliphatic rings. The number of H-pyrrole nitrogens is 1. The van der Waals surface area contributed by atoms with Gasteiger partial charge in [-0.1, -0.05) is 24.7 Å². The quantitative estimate of drug-likeness (QED) is 0.0372. The third-order valence-corrected chi connectivity index (χ3v) is 13.6. The van der Waals surface area contributed by atoms with Crippen molar-refractivity contribution < 1.29 is 65.5 Å². The van der Waals surface area contributed by atoms with Gasteiger partial charge in [-0.3, -0.25) is 28.5 Å². The van der Waals surface area contributed by atoms with E-state index in [-0.39, 0.29) is 61.3 Å². The second-order valence-electron chi connectivity index (χ2n) is 12.5. The number of ether oxygens (including phenoxy) is 1. The number of hydrogen-bond acceptors (Lipinski definition) is 13. The first-order valence-electron chi connectivity index (χ1n) is 16.9. The van der Waals surface area contributed by atoms with Crippen molar-refractivity contribution in [3.63, 3.8) is 0 Å². The van der Waals surface area contributed by atoms with Crippen LogP contribution in [0.1, 0.15) is 76.0 Å². The van der Waals surface area contributed by atoms with Crippen molar-refractivity contribution in [2.75, 3.05) is 25.4 Å². The van der Waals surface area contributed by atoms with Crippen molar-refractivity contribution in [2.45, 2.75) is 93.9 Å². The summed E-state index contributed by atoms with van der Waals surface area (Å²) in [5.41, 5.74) is -1.75. The highest BCUT2D eigenvalue weighted by Crippen LogP contribution is 2.66. The molecule has 0 aromatic carbocycles. The van der Waals surface area contributed by atoms with Crippen LogP contribution >= 0.6 is 35.2 Å². The zero-order chi connectivity index (χ0) is 39.5. The normalized spacial score (nSPS) is 24.3. The Morgan fingerprint density at radius 2 is 1.67 bits per heavy atom. The Kier molecular flexibility index (Phi) is 16.1. The molecular weight excluding hydrogens is 801 g/mol. The van der Waals surface area contributed by atoms with Crippen molar-refractivity contribution in [3.8, 4) is 11.8 Å². The highest BCUT2D eigenvalue weighted by Gasteiger charge is 2.43. The number of fused-ring (bicyclic) bond motifs is 1. The smallest absolute Gasteiger partial charge is 0.356 e. The lowest BCUT2D eigenvalue weighted by Crippen LogP contribution is -2.36. The van der Waals surface area contributed by atoms with Crippen LogP contribution < -0.4 is 32.5 Å². The molecule has 1 aromatic rings. The molecule has 0 radical (unpaired) electrons. The molecule has 4 rings (SSSR count). The third-order valence-electron chi connectivity index (χ3n) is 8.28. The summed E-state index contributed by atoms with van der Waals surface area (Å²) >= 11 is 1.85. The molecule has 302 valence electrons. The molecule has 9 N–H and O–H groups in total. The molecular formula is C28H43N6O16P3S. The molecule has 4 amide bonds. The monoisotopic (exact) mass is 844 g/mol. The molecule has 0 bridgehead atoms. The summed E-state index contributed by atoms with van der Waals surface area (Å²) in [4.78, 5) is 98.8. The second kappa shape index (κ2) is 19.9. The topological polar surface area (TPSA) is 323 Å². The molecule has 0 spiro atoms. The predicted molar refractivity (Wildman–Crippen MR) is 190 cm³/mol. The molecule has 22 nitrogen and oxygen atoms in total. The van der Waals surface area contributed by atoms with Gasteiger partial charge in [0.1, 0.15) is 11.8 Å². The molecule has 54 heavy (non-hydrogen) atoms. The van der Waals surface area contributed by atoms with Gasteiger partial charge in [0, 0.05) is 36.6 Å². The number of amides is 4. The fourth-order valence-corrected chi connectivity index (χ4v) is 10.4. The number of carbonyl (C=O) groups is 3. The lowest BCUT2D eigenvalue weighted by atomic mass is 10.0. The minimum Gasteiger partial charge on any atom is -0.356 e. The van der Waals surface area contributed by atoms with Gasteiger partial charge in [-0.2, -0.15) is 20.4 Å². The summed E-state index contributed by atoms with van der Waals surface area (Å²) in [6, 6.07) is 0.246. The van der Waals surface area contributed by atoms with Gasteiger partial charge in [0.15, 0.2) is 0 Å².